The van der Waals surface area contributed by atoms with E-state index in [0.717, 1.165) is 26.8 Å². The van der Waals surface area contributed by atoms with Gasteiger partial charge in [0.2, 0.25) is 0 Å². The van der Waals surface area contributed by atoms with Crippen molar-refractivity contribution in [2.45, 2.75) is 20.9 Å². The molecule has 0 spiro atoms. The largest absolute Gasteiger partial charge is 0.416 e. The lowest BCUT2D eigenvalue weighted by Crippen LogP contribution is -2.12. The third kappa shape index (κ3) is 5.07. The average molecular weight is 479 g/mol. The Morgan fingerprint density at radius 3 is 1.59 bits per heavy atom. The zero-order chi connectivity index (χ0) is 24.0. The van der Waals surface area contributed by atoms with E-state index in [4.69, 9.17) is 4.18 Å². The molecule has 0 radical (unpaired) electrons. The second kappa shape index (κ2) is 10.0. The van der Waals surface area contributed by atoms with Gasteiger partial charge in [0.25, 0.3) is 0 Å². The first kappa shape index (κ1) is 23.4. The van der Waals surface area contributed by atoms with Crippen molar-refractivity contribution in [2.75, 3.05) is 0 Å². The summed E-state index contributed by atoms with van der Waals surface area (Å²) in [5.41, 5.74) is -0.521. The molecule has 0 aromatic heterocycles. The Bertz CT molecular complexity index is 1170. The molecule has 4 aromatic rings. The second-order valence-corrected chi connectivity index (χ2v) is 10.0. The second-order valence-electron chi connectivity index (χ2n) is 7.35. The molecule has 6 heteroatoms. The molecule has 34 heavy (non-hydrogen) atoms. The summed E-state index contributed by atoms with van der Waals surface area (Å²) in [6.07, 6.45) is -1.95. The Morgan fingerprint density at radius 2 is 1.15 bits per heavy atom. The first-order valence-corrected chi connectivity index (χ1v) is 12.0. The van der Waals surface area contributed by atoms with Gasteiger partial charge in [0.05, 0.1) is 5.56 Å². The van der Waals surface area contributed by atoms with Crippen LogP contribution >= 0.6 is 10.3 Å². The molecule has 0 fully saturated rings. The fourth-order valence-electron chi connectivity index (χ4n) is 3.52. The first-order chi connectivity index (χ1) is 16.4. The predicted molar refractivity (Wildman–Crippen MR) is 128 cm³/mol. The normalized spacial score (nSPS) is 12.4. The number of rotatable bonds is 6. The molecule has 0 atom stereocenters. The van der Waals surface area contributed by atoms with Crippen LogP contribution in [-0.4, -0.2) is 5.97 Å². The minimum atomic E-state index is -4.46. The van der Waals surface area contributed by atoms with Crippen LogP contribution in [0, 0.1) is 0 Å². The van der Waals surface area contributed by atoms with Crippen molar-refractivity contribution >= 4 is 22.4 Å². The molecule has 4 aromatic carbocycles. The van der Waals surface area contributed by atoms with Crippen LogP contribution in [0.4, 0.5) is 13.2 Å². The Balaban J connectivity index is 1.76. The zero-order valence-electron chi connectivity index (χ0n) is 18.0. The van der Waals surface area contributed by atoms with Crippen LogP contribution in [0.3, 0.4) is 0 Å². The molecule has 2 nitrogen and oxygen atoms in total. The molecule has 0 aliphatic rings. The van der Waals surface area contributed by atoms with Gasteiger partial charge in [-0.3, -0.25) is 0 Å². The summed E-state index contributed by atoms with van der Waals surface area (Å²) >= 11 is 0. The Kier molecular flexibility index (Phi) is 6.89. The van der Waals surface area contributed by atoms with Crippen LogP contribution in [0.5, 0.6) is 0 Å². The van der Waals surface area contributed by atoms with E-state index in [1.165, 1.54) is 24.3 Å². The van der Waals surface area contributed by atoms with Gasteiger partial charge in [-0.25, -0.2) is 4.79 Å². The van der Waals surface area contributed by atoms with E-state index in [1.807, 2.05) is 91.0 Å². The highest BCUT2D eigenvalue weighted by molar-refractivity contribution is 8.30. The van der Waals surface area contributed by atoms with Crippen molar-refractivity contribution in [1.29, 1.82) is 0 Å². The summed E-state index contributed by atoms with van der Waals surface area (Å²) in [7, 11) is -2.45. The Labute approximate surface area is 197 Å². The molecular weight excluding hydrogens is 457 g/mol. The quantitative estimate of drug-likeness (QED) is 0.261. The van der Waals surface area contributed by atoms with Gasteiger partial charge >= 0.3 is 12.1 Å². The molecule has 0 unspecified atom stereocenters. The zero-order valence-corrected chi connectivity index (χ0v) is 18.8. The summed E-state index contributed by atoms with van der Waals surface area (Å²) in [5.74, 6) is -0.649. The first-order valence-electron chi connectivity index (χ1n) is 10.5. The van der Waals surface area contributed by atoms with Gasteiger partial charge < -0.3 is 4.18 Å². The minimum Gasteiger partial charge on any atom is -0.399 e. The maximum Gasteiger partial charge on any atom is 0.416 e. The number of benzene rings is 4. The van der Waals surface area contributed by atoms with E-state index in [0.29, 0.717) is 0 Å². The van der Waals surface area contributed by atoms with Crippen molar-refractivity contribution in [1.82, 2.24) is 0 Å². The highest BCUT2D eigenvalue weighted by Gasteiger charge is 2.35. The third-order valence-corrected chi connectivity index (χ3v) is 8.28. The number of carbonyl (C=O) groups excluding carboxylic acids is 1. The van der Waals surface area contributed by atoms with Gasteiger partial charge in [0.1, 0.15) is 0 Å². The molecular formula is C28H21F3O2S. The fourth-order valence-corrected chi connectivity index (χ4v) is 6.55. The van der Waals surface area contributed by atoms with E-state index in [-0.39, 0.29) is 5.56 Å². The van der Waals surface area contributed by atoms with Gasteiger partial charge in [-0.05, 0) is 70.5 Å². The maximum absolute atomic E-state index is 13.1. The van der Waals surface area contributed by atoms with E-state index >= 15 is 0 Å². The molecule has 0 amide bonds. The van der Waals surface area contributed by atoms with Crippen molar-refractivity contribution < 1.29 is 22.1 Å². The van der Waals surface area contributed by atoms with E-state index < -0.39 is 28.0 Å². The molecule has 0 bridgehead atoms. The van der Waals surface area contributed by atoms with Crippen LogP contribution in [0.15, 0.2) is 136 Å². The van der Waals surface area contributed by atoms with Gasteiger partial charge in [-0.2, -0.15) is 13.2 Å². The number of alkyl halides is 3. The minimum absolute atomic E-state index is 0.256. The van der Waals surface area contributed by atoms with E-state index in [9.17, 15) is 18.0 Å². The smallest absolute Gasteiger partial charge is 0.399 e. The van der Waals surface area contributed by atoms with E-state index in [1.54, 1.807) is 0 Å². The van der Waals surface area contributed by atoms with Gasteiger partial charge in [-0.1, -0.05) is 66.7 Å². The molecule has 0 N–H and O–H groups in total. The summed E-state index contributed by atoms with van der Waals surface area (Å²) in [4.78, 5) is 15.6. The fraction of sp³-hybridized carbons (Fsp3) is 0.0357. The van der Waals surface area contributed by atoms with Crippen LogP contribution in [0.1, 0.15) is 11.1 Å². The lowest BCUT2D eigenvalue weighted by atomic mass is 10.1. The van der Waals surface area contributed by atoms with Crippen LogP contribution in [-0.2, 0) is 15.2 Å². The number of hydrogen-bond donors (Lipinski definition) is 0. The lowest BCUT2D eigenvalue weighted by molar-refractivity contribution is -0.137. The van der Waals surface area contributed by atoms with Gasteiger partial charge in [0, 0.05) is 20.8 Å². The van der Waals surface area contributed by atoms with Gasteiger partial charge in [0.15, 0.2) is 0 Å². The van der Waals surface area contributed by atoms with E-state index in [2.05, 4.69) is 0 Å². The molecule has 0 aliphatic carbocycles. The summed E-state index contributed by atoms with van der Waals surface area (Å²) in [6.45, 7) is 0. The summed E-state index contributed by atoms with van der Waals surface area (Å²) in [5, 5.41) is 0. The SMILES string of the molecule is O=C(C=Cc1cccc(C(F)(F)F)c1)OS(c1ccccc1)(c1ccccc1)c1ccccc1. The molecule has 4 rings (SSSR count). The Morgan fingerprint density at radius 1 is 0.676 bits per heavy atom. The summed E-state index contributed by atoms with van der Waals surface area (Å²) < 4.78 is 45.4. The van der Waals surface area contributed by atoms with Crippen molar-refractivity contribution in [3.8, 4) is 0 Å². The topological polar surface area (TPSA) is 26.3 Å². The number of hydrogen-bond acceptors (Lipinski definition) is 2. The average Bonchev–Trinajstić information content (AvgIpc) is 2.87. The standard InChI is InChI=1S/C28H21F3O2S/c29-28(30,31)23-12-10-11-22(21-23)19-20-27(32)33-34(24-13-4-1-5-14-24,25-15-6-2-7-16-25)26-17-8-3-9-18-26/h1-21H. The van der Waals surface area contributed by atoms with Gasteiger partial charge in [-0.15, -0.1) is 0 Å². The van der Waals surface area contributed by atoms with Crippen molar-refractivity contribution in [3.63, 3.8) is 0 Å². The highest BCUT2D eigenvalue weighted by Crippen LogP contribution is 2.69. The molecule has 172 valence electrons. The molecule has 0 aliphatic heterocycles. The number of halogens is 3. The highest BCUT2D eigenvalue weighted by atomic mass is 32.3. The monoisotopic (exact) mass is 478 g/mol. The lowest BCUT2D eigenvalue weighted by Gasteiger charge is -2.39. The van der Waals surface area contributed by atoms with Crippen LogP contribution in [0.25, 0.3) is 6.08 Å². The molecule has 0 saturated heterocycles. The van der Waals surface area contributed by atoms with Crippen LogP contribution in [0.2, 0.25) is 0 Å². The predicted octanol–water partition coefficient (Wildman–Crippen LogP) is 8.16. The molecule has 0 heterocycles. The van der Waals surface area contributed by atoms with Crippen LogP contribution < -0.4 is 0 Å². The van der Waals surface area contributed by atoms with Crippen molar-refractivity contribution in [2.24, 2.45) is 0 Å². The number of carbonyl (C=O) groups is 1. The summed E-state index contributed by atoms with van der Waals surface area (Å²) in [6, 6.07) is 33.3. The third-order valence-electron chi connectivity index (χ3n) is 5.06. The van der Waals surface area contributed by atoms with Crippen molar-refractivity contribution in [3.05, 3.63) is 132 Å². The Hall–Kier alpha value is -3.77. The molecule has 0 saturated carbocycles. The maximum atomic E-state index is 13.1.